The zero-order chi connectivity index (χ0) is 18.4. The topological polar surface area (TPSA) is 83.0 Å². The third-order valence-corrected chi connectivity index (χ3v) is 4.42. The Morgan fingerprint density at radius 3 is 2.65 bits per heavy atom. The highest BCUT2D eigenvalue weighted by Gasteiger charge is 2.09. The van der Waals surface area contributed by atoms with Crippen LogP contribution in [0.1, 0.15) is 6.92 Å². The Morgan fingerprint density at radius 2 is 1.92 bits per heavy atom. The Labute approximate surface area is 157 Å². The fraction of sp³-hybridized carbons (Fsp3) is 0.211. The van der Waals surface area contributed by atoms with E-state index >= 15 is 0 Å². The first-order chi connectivity index (χ1) is 12.7. The molecule has 0 saturated heterocycles. The van der Waals surface area contributed by atoms with Gasteiger partial charge in [0.2, 0.25) is 5.95 Å². The molecule has 2 aromatic heterocycles. The van der Waals surface area contributed by atoms with Crippen molar-refractivity contribution in [2.75, 3.05) is 23.5 Å². The third-order valence-electron chi connectivity index (χ3n) is 3.69. The average Bonchev–Trinajstić information content (AvgIpc) is 2.68. The summed E-state index contributed by atoms with van der Waals surface area (Å²) < 4.78 is 0. The van der Waals surface area contributed by atoms with E-state index in [4.69, 9.17) is 0 Å². The maximum Gasteiger partial charge on any atom is 0.225 e. The molecule has 0 saturated carbocycles. The van der Waals surface area contributed by atoms with E-state index in [1.165, 1.54) is 4.90 Å². The quantitative estimate of drug-likeness (QED) is 0.548. The van der Waals surface area contributed by atoms with Crippen LogP contribution < -0.4 is 10.6 Å². The van der Waals surface area contributed by atoms with Gasteiger partial charge in [0, 0.05) is 40.6 Å². The van der Waals surface area contributed by atoms with Crippen molar-refractivity contribution in [1.29, 1.82) is 0 Å². The minimum Gasteiger partial charge on any atom is -0.394 e. The molecule has 0 aliphatic carbocycles. The lowest BCUT2D eigenvalue weighted by molar-refractivity contribution is 0.281. The van der Waals surface area contributed by atoms with E-state index in [-0.39, 0.29) is 12.6 Å². The van der Waals surface area contributed by atoms with E-state index in [0.29, 0.717) is 11.8 Å². The number of nitrogens with one attached hydrogen (secondary N) is 2. The molecule has 3 aromatic rings. The van der Waals surface area contributed by atoms with Crippen molar-refractivity contribution in [2.45, 2.75) is 17.9 Å². The lowest BCUT2D eigenvalue weighted by Crippen LogP contribution is -2.21. The minimum atomic E-state index is -0.143. The molecule has 0 fully saturated rings. The number of benzene rings is 1. The molecule has 0 amide bonds. The van der Waals surface area contributed by atoms with Crippen molar-refractivity contribution >= 4 is 29.2 Å². The standard InChI is InChI=1S/C19H21N5OS/c1-13(12-25)21-19-23-17(14-6-8-20-9-7-14)11-18(24-19)22-15-4-3-5-16(10-15)26-2/h3-11,13,25H,12H2,1-2H3,(H2,21,22,23,24)/t13-/m0/s1. The van der Waals surface area contributed by atoms with Gasteiger partial charge in [-0.1, -0.05) is 6.07 Å². The van der Waals surface area contributed by atoms with Gasteiger partial charge in [-0.15, -0.1) is 11.8 Å². The van der Waals surface area contributed by atoms with E-state index in [1.54, 1.807) is 24.2 Å². The molecular formula is C19H21N5OS. The third kappa shape index (κ3) is 4.71. The van der Waals surface area contributed by atoms with Crippen LogP contribution in [-0.2, 0) is 0 Å². The fourth-order valence-corrected chi connectivity index (χ4v) is 2.82. The molecule has 0 bridgehead atoms. The lowest BCUT2D eigenvalue weighted by atomic mass is 10.2. The second kappa shape index (κ2) is 8.64. The summed E-state index contributed by atoms with van der Waals surface area (Å²) in [5.41, 5.74) is 2.68. The number of thioether (sulfide) groups is 1. The van der Waals surface area contributed by atoms with Crippen molar-refractivity contribution in [3.05, 3.63) is 54.9 Å². The number of pyridine rings is 1. The molecule has 0 radical (unpaired) electrons. The Bertz CT molecular complexity index is 860. The summed E-state index contributed by atoms with van der Waals surface area (Å²) in [5, 5.41) is 15.8. The summed E-state index contributed by atoms with van der Waals surface area (Å²) in [4.78, 5) is 14.3. The summed E-state index contributed by atoms with van der Waals surface area (Å²) in [5.74, 6) is 1.14. The number of aliphatic hydroxyl groups excluding tert-OH is 1. The van der Waals surface area contributed by atoms with Gasteiger partial charge in [-0.25, -0.2) is 4.98 Å². The van der Waals surface area contributed by atoms with E-state index in [1.807, 2.05) is 43.5 Å². The van der Waals surface area contributed by atoms with Crippen molar-refractivity contribution in [2.24, 2.45) is 0 Å². The van der Waals surface area contributed by atoms with Gasteiger partial charge in [-0.05, 0) is 43.5 Å². The number of nitrogens with zero attached hydrogens (tertiary/aromatic N) is 3. The van der Waals surface area contributed by atoms with Crippen LogP contribution in [0.5, 0.6) is 0 Å². The molecule has 3 rings (SSSR count). The molecule has 1 atom stereocenters. The van der Waals surface area contributed by atoms with Crippen LogP contribution in [0, 0.1) is 0 Å². The number of anilines is 3. The van der Waals surface area contributed by atoms with Crippen LogP contribution in [0.15, 0.2) is 59.8 Å². The van der Waals surface area contributed by atoms with Crippen molar-refractivity contribution in [3.8, 4) is 11.3 Å². The average molecular weight is 367 g/mol. The number of aliphatic hydroxyl groups is 1. The molecule has 0 aliphatic rings. The molecular weight excluding hydrogens is 346 g/mol. The minimum absolute atomic E-state index is 0.00136. The highest BCUT2D eigenvalue weighted by Crippen LogP contribution is 2.25. The van der Waals surface area contributed by atoms with E-state index in [0.717, 1.165) is 16.9 Å². The van der Waals surface area contributed by atoms with Gasteiger partial charge < -0.3 is 15.7 Å². The van der Waals surface area contributed by atoms with Gasteiger partial charge in [-0.3, -0.25) is 4.98 Å². The van der Waals surface area contributed by atoms with Crippen LogP contribution in [0.25, 0.3) is 11.3 Å². The zero-order valence-corrected chi connectivity index (χ0v) is 15.5. The largest absolute Gasteiger partial charge is 0.394 e. The Morgan fingerprint density at radius 1 is 1.12 bits per heavy atom. The smallest absolute Gasteiger partial charge is 0.225 e. The zero-order valence-electron chi connectivity index (χ0n) is 14.7. The van der Waals surface area contributed by atoms with Crippen molar-refractivity contribution in [1.82, 2.24) is 15.0 Å². The second-order valence-corrected chi connectivity index (χ2v) is 6.66. The van der Waals surface area contributed by atoms with E-state index in [2.05, 4.69) is 37.7 Å². The van der Waals surface area contributed by atoms with Gasteiger partial charge >= 0.3 is 0 Å². The number of rotatable bonds is 7. The van der Waals surface area contributed by atoms with Crippen LogP contribution in [0.3, 0.4) is 0 Å². The first-order valence-corrected chi connectivity index (χ1v) is 9.48. The summed E-state index contributed by atoms with van der Waals surface area (Å²) in [6.07, 6.45) is 5.51. The first-order valence-electron chi connectivity index (χ1n) is 8.26. The van der Waals surface area contributed by atoms with Crippen LogP contribution >= 0.6 is 11.8 Å². The second-order valence-electron chi connectivity index (χ2n) is 5.78. The maximum atomic E-state index is 9.30. The monoisotopic (exact) mass is 367 g/mol. The van der Waals surface area contributed by atoms with Crippen LogP contribution in [0.4, 0.5) is 17.5 Å². The summed E-state index contributed by atoms with van der Waals surface area (Å²) in [7, 11) is 0. The van der Waals surface area contributed by atoms with Crippen LogP contribution in [0.2, 0.25) is 0 Å². The van der Waals surface area contributed by atoms with Gasteiger partial charge in [0.25, 0.3) is 0 Å². The summed E-state index contributed by atoms with van der Waals surface area (Å²) in [6.45, 7) is 1.87. The maximum absolute atomic E-state index is 9.30. The summed E-state index contributed by atoms with van der Waals surface area (Å²) in [6, 6.07) is 13.7. The Balaban J connectivity index is 1.96. The predicted octanol–water partition coefficient (Wildman–Crippen LogP) is 3.80. The molecule has 0 aliphatic heterocycles. The van der Waals surface area contributed by atoms with Crippen LogP contribution in [-0.4, -0.2) is 39.0 Å². The van der Waals surface area contributed by atoms with E-state index < -0.39 is 0 Å². The van der Waals surface area contributed by atoms with Crippen molar-refractivity contribution < 1.29 is 5.11 Å². The number of hydrogen-bond acceptors (Lipinski definition) is 7. The SMILES string of the molecule is CSc1cccc(Nc2cc(-c3ccncc3)nc(N[C@@H](C)CO)n2)c1. The highest BCUT2D eigenvalue weighted by molar-refractivity contribution is 7.98. The summed E-state index contributed by atoms with van der Waals surface area (Å²) >= 11 is 1.69. The molecule has 0 spiro atoms. The molecule has 7 heteroatoms. The van der Waals surface area contributed by atoms with Gasteiger partial charge in [0.05, 0.1) is 12.3 Å². The Hall–Kier alpha value is -2.64. The molecule has 26 heavy (non-hydrogen) atoms. The normalized spacial score (nSPS) is 11.8. The van der Waals surface area contributed by atoms with Gasteiger partial charge in [0.15, 0.2) is 0 Å². The van der Waals surface area contributed by atoms with E-state index in [9.17, 15) is 5.11 Å². The Kier molecular flexibility index (Phi) is 6.04. The molecule has 1 aromatic carbocycles. The molecule has 6 nitrogen and oxygen atoms in total. The first kappa shape index (κ1) is 18.2. The molecule has 2 heterocycles. The molecule has 0 unspecified atom stereocenters. The van der Waals surface area contributed by atoms with Gasteiger partial charge in [0.1, 0.15) is 5.82 Å². The molecule has 3 N–H and O–H groups in total. The van der Waals surface area contributed by atoms with Gasteiger partial charge in [-0.2, -0.15) is 4.98 Å². The highest BCUT2D eigenvalue weighted by atomic mass is 32.2. The predicted molar refractivity (Wildman–Crippen MR) is 107 cm³/mol. The van der Waals surface area contributed by atoms with Crippen molar-refractivity contribution in [3.63, 3.8) is 0 Å². The lowest BCUT2D eigenvalue weighted by Gasteiger charge is -2.14. The number of aromatic nitrogens is 3. The number of hydrogen-bond donors (Lipinski definition) is 3. The fourth-order valence-electron chi connectivity index (χ4n) is 2.36. The molecule has 134 valence electrons.